The van der Waals surface area contributed by atoms with Crippen molar-refractivity contribution in [2.45, 2.75) is 26.1 Å². The van der Waals surface area contributed by atoms with Crippen LogP contribution in [-0.2, 0) is 22.3 Å². The van der Waals surface area contributed by atoms with Crippen LogP contribution >= 0.6 is 0 Å². The molecule has 0 spiro atoms. The molecule has 2 N–H and O–H groups in total. The van der Waals surface area contributed by atoms with Crippen LogP contribution in [0.25, 0.3) is 0 Å². The summed E-state index contributed by atoms with van der Waals surface area (Å²) in [5, 5.41) is 8.84. The highest BCUT2D eigenvalue weighted by Crippen LogP contribution is 2.03. The normalized spacial score (nSPS) is 12.3. The molecule has 1 aromatic heterocycles. The van der Waals surface area contributed by atoms with Gasteiger partial charge in [0.25, 0.3) is 0 Å². The van der Waals surface area contributed by atoms with Crippen LogP contribution in [0.15, 0.2) is 6.33 Å². The Hall–Kier alpha value is -0.950. The molecule has 0 fully saturated rings. The summed E-state index contributed by atoms with van der Waals surface area (Å²) >= 11 is 0. The molecule has 0 unspecified atom stereocenters. The summed E-state index contributed by atoms with van der Waals surface area (Å²) in [7, 11) is -3.53. The van der Waals surface area contributed by atoms with Crippen molar-refractivity contribution in [3.8, 4) is 0 Å². The minimum Gasteiger partial charge on any atom is -0.249 e. The maximum atomic E-state index is 10.8. The van der Waals surface area contributed by atoms with Crippen LogP contribution in [0.5, 0.6) is 0 Å². The van der Waals surface area contributed by atoms with Crippen LogP contribution < -0.4 is 5.14 Å². The summed E-state index contributed by atoms with van der Waals surface area (Å²) in [6.45, 7) is 4.68. The average molecular weight is 218 g/mol. The minimum absolute atomic E-state index is 0.264. The monoisotopic (exact) mass is 218 g/mol. The zero-order chi connectivity index (χ0) is 10.8. The molecule has 0 aromatic carbocycles. The summed E-state index contributed by atoms with van der Waals surface area (Å²) in [5.74, 6) is 0.511. The zero-order valence-corrected chi connectivity index (χ0v) is 9.03. The molecule has 1 aromatic rings. The van der Waals surface area contributed by atoms with E-state index in [4.69, 9.17) is 5.14 Å². The minimum atomic E-state index is -3.53. The molecular weight excluding hydrogens is 204 g/mol. The summed E-state index contributed by atoms with van der Waals surface area (Å²) in [6.07, 6.45) is 1.34. The van der Waals surface area contributed by atoms with Crippen molar-refractivity contribution in [1.29, 1.82) is 0 Å². The van der Waals surface area contributed by atoms with Crippen LogP contribution in [0.4, 0.5) is 0 Å². The smallest absolute Gasteiger partial charge is 0.216 e. The van der Waals surface area contributed by atoms with Gasteiger partial charge in [-0.25, -0.2) is 23.2 Å². The van der Waals surface area contributed by atoms with E-state index in [2.05, 4.69) is 10.1 Å². The van der Waals surface area contributed by atoms with Gasteiger partial charge in [0, 0.05) is 6.54 Å². The second-order valence-corrected chi connectivity index (χ2v) is 5.17. The van der Waals surface area contributed by atoms with Crippen molar-refractivity contribution < 1.29 is 8.42 Å². The van der Waals surface area contributed by atoms with Crippen LogP contribution in [0.3, 0.4) is 0 Å². The maximum Gasteiger partial charge on any atom is 0.216 e. The molecule has 1 rings (SSSR count). The molecule has 7 heteroatoms. The zero-order valence-electron chi connectivity index (χ0n) is 8.21. The molecule has 0 amide bonds. The Morgan fingerprint density at radius 3 is 2.71 bits per heavy atom. The Kier molecular flexibility index (Phi) is 3.22. The predicted octanol–water partition coefficient (Wildman–Crippen LogP) is -0.277. The topological polar surface area (TPSA) is 90.9 Å². The van der Waals surface area contributed by atoms with Crippen LogP contribution in [0.1, 0.15) is 19.7 Å². The number of sulfonamides is 1. The summed E-state index contributed by atoms with van der Waals surface area (Å²) in [6, 6.07) is 0. The van der Waals surface area contributed by atoms with Crippen LogP contribution in [0, 0.1) is 5.92 Å². The second kappa shape index (κ2) is 4.05. The Morgan fingerprint density at radius 2 is 2.21 bits per heavy atom. The molecule has 0 atom stereocenters. The van der Waals surface area contributed by atoms with Gasteiger partial charge in [0.2, 0.25) is 10.0 Å². The van der Waals surface area contributed by atoms with Gasteiger partial charge in [0.15, 0.2) is 0 Å². The molecule has 0 aliphatic carbocycles. The van der Waals surface area contributed by atoms with Crippen molar-refractivity contribution >= 4 is 10.0 Å². The molecule has 0 saturated carbocycles. The third-order valence-electron chi connectivity index (χ3n) is 1.56. The lowest BCUT2D eigenvalue weighted by Crippen LogP contribution is -2.19. The van der Waals surface area contributed by atoms with E-state index in [1.807, 2.05) is 13.8 Å². The number of aromatic nitrogens is 3. The fourth-order valence-electron chi connectivity index (χ4n) is 1.08. The molecule has 1 heterocycles. The standard InChI is InChI=1S/C7H14N4O2S/c1-6(2)3-11-7(9-5-10-11)4-14(8,12)13/h5-6H,3-4H2,1-2H3,(H2,8,12,13). The second-order valence-electron chi connectivity index (χ2n) is 3.56. The summed E-state index contributed by atoms with van der Waals surface area (Å²) in [4.78, 5) is 3.85. The Labute approximate surface area is 83.2 Å². The SMILES string of the molecule is CC(C)Cn1ncnc1CS(N)(=O)=O. The number of hydrogen-bond donors (Lipinski definition) is 1. The highest BCUT2D eigenvalue weighted by Gasteiger charge is 2.12. The number of nitrogens with zero attached hydrogens (tertiary/aromatic N) is 3. The van der Waals surface area contributed by atoms with Crippen molar-refractivity contribution in [2.75, 3.05) is 0 Å². The van der Waals surface area contributed by atoms with Gasteiger partial charge in [-0.2, -0.15) is 5.10 Å². The molecule has 0 aliphatic heterocycles. The van der Waals surface area contributed by atoms with E-state index >= 15 is 0 Å². The predicted molar refractivity (Wildman–Crippen MR) is 51.7 cm³/mol. The van der Waals surface area contributed by atoms with E-state index in [1.54, 1.807) is 4.68 Å². The highest BCUT2D eigenvalue weighted by atomic mass is 32.2. The fourth-order valence-corrected chi connectivity index (χ4v) is 1.66. The largest absolute Gasteiger partial charge is 0.249 e. The van der Waals surface area contributed by atoms with Gasteiger partial charge in [-0.15, -0.1) is 0 Å². The number of rotatable bonds is 4. The van der Waals surface area contributed by atoms with E-state index in [9.17, 15) is 8.42 Å². The number of primary sulfonamides is 1. The summed E-state index contributed by atoms with van der Waals surface area (Å²) in [5.41, 5.74) is 0. The highest BCUT2D eigenvalue weighted by molar-refractivity contribution is 7.88. The molecule has 0 radical (unpaired) electrons. The molecule has 0 saturated heterocycles. The first-order chi connectivity index (χ1) is 6.38. The van der Waals surface area contributed by atoms with Crippen LogP contribution in [-0.4, -0.2) is 23.2 Å². The first kappa shape index (κ1) is 11.1. The van der Waals surface area contributed by atoms with E-state index in [0.29, 0.717) is 18.3 Å². The lowest BCUT2D eigenvalue weighted by molar-refractivity contribution is 0.470. The van der Waals surface area contributed by atoms with E-state index < -0.39 is 10.0 Å². The van der Waals surface area contributed by atoms with E-state index in [1.165, 1.54) is 6.33 Å². The first-order valence-electron chi connectivity index (χ1n) is 4.25. The maximum absolute atomic E-state index is 10.8. The molecule has 0 aliphatic rings. The average Bonchev–Trinajstić information content (AvgIpc) is 2.32. The van der Waals surface area contributed by atoms with Crippen molar-refractivity contribution in [1.82, 2.24) is 14.8 Å². The van der Waals surface area contributed by atoms with Gasteiger partial charge in [0.05, 0.1) is 0 Å². The van der Waals surface area contributed by atoms with Gasteiger partial charge in [-0.05, 0) is 5.92 Å². The van der Waals surface area contributed by atoms with Crippen molar-refractivity contribution in [3.63, 3.8) is 0 Å². The van der Waals surface area contributed by atoms with E-state index in [0.717, 1.165) is 0 Å². The Morgan fingerprint density at radius 1 is 1.57 bits per heavy atom. The lowest BCUT2D eigenvalue weighted by Gasteiger charge is -2.07. The quantitative estimate of drug-likeness (QED) is 0.752. The summed E-state index contributed by atoms with van der Waals surface area (Å²) < 4.78 is 23.2. The van der Waals surface area contributed by atoms with Crippen molar-refractivity contribution in [3.05, 3.63) is 12.2 Å². The Balaban J connectivity index is 2.83. The number of nitrogens with two attached hydrogens (primary N) is 1. The van der Waals surface area contributed by atoms with Crippen LogP contribution in [0.2, 0.25) is 0 Å². The van der Waals surface area contributed by atoms with E-state index in [-0.39, 0.29) is 5.75 Å². The first-order valence-corrected chi connectivity index (χ1v) is 5.97. The molecule has 6 nitrogen and oxygen atoms in total. The molecule has 0 bridgehead atoms. The third-order valence-corrected chi connectivity index (χ3v) is 2.22. The lowest BCUT2D eigenvalue weighted by atomic mass is 10.2. The van der Waals surface area contributed by atoms with Gasteiger partial charge < -0.3 is 0 Å². The van der Waals surface area contributed by atoms with Gasteiger partial charge in [0.1, 0.15) is 17.9 Å². The molecule has 80 valence electrons. The molecule has 14 heavy (non-hydrogen) atoms. The number of hydrogen-bond acceptors (Lipinski definition) is 4. The fraction of sp³-hybridized carbons (Fsp3) is 0.714. The van der Waals surface area contributed by atoms with Gasteiger partial charge in [-0.3, -0.25) is 0 Å². The van der Waals surface area contributed by atoms with Gasteiger partial charge in [-0.1, -0.05) is 13.8 Å². The van der Waals surface area contributed by atoms with Crippen molar-refractivity contribution in [2.24, 2.45) is 11.1 Å². The third kappa shape index (κ3) is 3.43. The Bertz CT molecular complexity index is 396. The van der Waals surface area contributed by atoms with Gasteiger partial charge >= 0.3 is 0 Å². The molecular formula is C7H14N4O2S.